The fraction of sp³-hybridized carbons (Fsp3) is 0.562. The number of carboxylic acids is 1. The third-order valence-corrected chi connectivity index (χ3v) is 5.31. The highest BCUT2D eigenvalue weighted by atomic mass is 32.2. The molecule has 3 heteroatoms. The summed E-state index contributed by atoms with van der Waals surface area (Å²) in [4.78, 5) is 11.4. The van der Waals surface area contributed by atoms with Crippen LogP contribution in [0.15, 0.2) is 30.3 Å². The predicted molar refractivity (Wildman–Crippen MR) is 80.7 cm³/mol. The molecule has 1 aliphatic rings. The molecule has 0 aliphatic heterocycles. The van der Waals surface area contributed by atoms with Crippen molar-refractivity contribution >= 4 is 17.7 Å². The van der Waals surface area contributed by atoms with Gasteiger partial charge in [-0.3, -0.25) is 4.79 Å². The van der Waals surface area contributed by atoms with Gasteiger partial charge in [0.25, 0.3) is 0 Å². The van der Waals surface area contributed by atoms with Gasteiger partial charge in [0.2, 0.25) is 0 Å². The van der Waals surface area contributed by atoms with Crippen molar-refractivity contribution in [1.82, 2.24) is 0 Å². The predicted octanol–water partition coefficient (Wildman–Crippen LogP) is 4.17. The molecule has 3 atom stereocenters. The highest BCUT2D eigenvalue weighted by molar-refractivity contribution is 7.99. The van der Waals surface area contributed by atoms with Gasteiger partial charge in [-0.15, -0.1) is 0 Å². The van der Waals surface area contributed by atoms with Gasteiger partial charge in [0.05, 0.1) is 5.92 Å². The summed E-state index contributed by atoms with van der Waals surface area (Å²) in [5.41, 5.74) is 0.923. The van der Waals surface area contributed by atoms with Gasteiger partial charge in [-0.05, 0) is 24.3 Å². The van der Waals surface area contributed by atoms with E-state index in [2.05, 4.69) is 6.92 Å². The van der Waals surface area contributed by atoms with Crippen molar-refractivity contribution in [3.05, 3.63) is 35.9 Å². The Labute approximate surface area is 119 Å². The van der Waals surface area contributed by atoms with E-state index in [1.165, 1.54) is 25.7 Å². The number of rotatable bonds is 5. The third kappa shape index (κ3) is 4.27. The Morgan fingerprint density at radius 2 is 2.11 bits per heavy atom. The number of benzene rings is 1. The first-order valence-corrected chi connectivity index (χ1v) is 8.11. The molecule has 1 aromatic rings. The van der Waals surface area contributed by atoms with Crippen LogP contribution in [0.3, 0.4) is 0 Å². The fourth-order valence-electron chi connectivity index (χ4n) is 2.76. The smallest absolute Gasteiger partial charge is 0.311 e. The molecular formula is C16H22O2S. The molecular weight excluding hydrogens is 256 g/mol. The topological polar surface area (TPSA) is 37.3 Å². The molecule has 1 saturated carbocycles. The van der Waals surface area contributed by atoms with Crippen molar-refractivity contribution in [2.24, 2.45) is 5.92 Å². The standard InChI is InChI=1S/C16H22O2S/c1-12-6-5-9-14(10-12)19-11-15(16(17)18)13-7-3-2-4-8-13/h2-4,7-8,12,14-15H,5-6,9-11H2,1H3,(H,17,18). The van der Waals surface area contributed by atoms with Crippen LogP contribution in [0.25, 0.3) is 0 Å². The molecule has 1 aliphatic carbocycles. The number of hydrogen-bond donors (Lipinski definition) is 1. The number of carbonyl (C=O) groups is 1. The second-order valence-corrected chi connectivity index (χ2v) is 6.86. The molecule has 0 heterocycles. The molecule has 1 aromatic carbocycles. The van der Waals surface area contributed by atoms with E-state index in [-0.39, 0.29) is 5.92 Å². The zero-order valence-corrected chi connectivity index (χ0v) is 12.2. The summed E-state index contributed by atoms with van der Waals surface area (Å²) in [6.07, 6.45) is 5.11. The summed E-state index contributed by atoms with van der Waals surface area (Å²) in [5, 5.41) is 10.0. The van der Waals surface area contributed by atoms with Crippen LogP contribution in [0.4, 0.5) is 0 Å². The van der Waals surface area contributed by atoms with Crippen molar-refractivity contribution in [2.45, 2.75) is 43.8 Å². The minimum Gasteiger partial charge on any atom is -0.481 e. The number of aliphatic carboxylic acids is 1. The van der Waals surface area contributed by atoms with Crippen molar-refractivity contribution < 1.29 is 9.90 Å². The Kier molecular flexibility index (Phi) is 5.32. The average Bonchev–Trinajstić information content (AvgIpc) is 2.40. The molecule has 19 heavy (non-hydrogen) atoms. The molecule has 0 aromatic heterocycles. The largest absolute Gasteiger partial charge is 0.481 e. The van der Waals surface area contributed by atoms with E-state index in [1.807, 2.05) is 42.1 Å². The average molecular weight is 278 g/mol. The molecule has 0 saturated heterocycles. The molecule has 0 bridgehead atoms. The van der Waals surface area contributed by atoms with Crippen LogP contribution in [0.1, 0.15) is 44.1 Å². The van der Waals surface area contributed by atoms with Crippen LogP contribution in [0, 0.1) is 5.92 Å². The lowest BCUT2D eigenvalue weighted by Gasteiger charge is -2.27. The van der Waals surface area contributed by atoms with E-state index < -0.39 is 5.97 Å². The zero-order valence-electron chi connectivity index (χ0n) is 11.4. The Morgan fingerprint density at radius 3 is 2.74 bits per heavy atom. The molecule has 2 rings (SSSR count). The first kappa shape index (κ1) is 14.4. The van der Waals surface area contributed by atoms with Gasteiger partial charge < -0.3 is 5.11 Å². The number of thioether (sulfide) groups is 1. The van der Waals surface area contributed by atoms with E-state index in [0.29, 0.717) is 11.0 Å². The third-order valence-electron chi connectivity index (χ3n) is 3.89. The van der Waals surface area contributed by atoms with E-state index in [9.17, 15) is 9.90 Å². The van der Waals surface area contributed by atoms with Crippen LogP contribution in [0.5, 0.6) is 0 Å². The highest BCUT2D eigenvalue weighted by Gasteiger charge is 2.24. The van der Waals surface area contributed by atoms with Gasteiger partial charge in [-0.25, -0.2) is 0 Å². The van der Waals surface area contributed by atoms with Crippen LogP contribution in [-0.4, -0.2) is 22.1 Å². The SMILES string of the molecule is CC1CCCC(SCC(C(=O)O)c2ccccc2)C1. The lowest BCUT2D eigenvalue weighted by Crippen LogP contribution is -2.19. The molecule has 0 radical (unpaired) electrons. The molecule has 0 amide bonds. The second-order valence-electron chi connectivity index (χ2n) is 5.53. The number of hydrogen-bond acceptors (Lipinski definition) is 2. The van der Waals surface area contributed by atoms with Crippen LogP contribution in [0.2, 0.25) is 0 Å². The van der Waals surface area contributed by atoms with Crippen molar-refractivity contribution in [1.29, 1.82) is 0 Å². The van der Waals surface area contributed by atoms with E-state index in [0.717, 1.165) is 11.5 Å². The maximum Gasteiger partial charge on any atom is 0.311 e. The van der Waals surface area contributed by atoms with Gasteiger partial charge in [0, 0.05) is 11.0 Å². The monoisotopic (exact) mass is 278 g/mol. The maximum atomic E-state index is 11.4. The van der Waals surface area contributed by atoms with Gasteiger partial charge in [-0.2, -0.15) is 11.8 Å². The fourth-order valence-corrected chi connectivity index (χ4v) is 4.36. The van der Waals surface area contributed by atoms with Gasteiger partial charge in [0.15, 0.2) is 0 Å². The molecule has 1 fully saturated rings. The summed E-state index contributed by atoms with van der Waals surface area (Å²) in [5.74, 6) is 0.411. The van der Waals surface area contributed by atoms with Crippen molar-refractivity contribution in [3.8, 4) is 0 Å². The summed E-state index contributed by atoms with van der Waals surface area (Å²) in [6.45, 7) is 2.30. The van der Waals surface area contributed by atoms with Crippen LogP contribution >= 0.6 is 11.8 Å². The number of carboxylic acid groups (broad SMARTS) is 1. The molecule has 2 nitrogen and oxygen atoms in total. The minimum atomic E-state index is -0.706. The van der Waals surface area contributed by atoms with Gasteiger partial charge in [-0.1, -0.05) is 50.1 Å². The summed E-state index contributed by atoms with van der Waals surface area (Å²) >= 11 is 1.85. The summed E-state index contributed by atoms with van der Waals surface area (Å²) < 4.78 is 0. The normalized spacial score (nSPS) is 24.9. The van der Waals surface area contributed by atoms with E-state index >= 15 is 0 Å². The Balaban J connectivity index is 1.93. The quantitative estimate of drug-likeness (QED) is 0.878. The van der Waals surface area contributed by atoms with Crippen molar-refractivity contribution in [2.75, 3.05) is 5.75 Å². The Morgan fingerprint density at radius 1 is 1.37 bits per heavy atom. The Hall–Kier alpha value is -0.960. The van der Waals surface area contributed by atoms with Crippen LogP contribution in [-0.2, 0) is 4.79 Å². The maximum absolute atomic E-state index is 11.4. The second kappa shape index (κ2) is 6.99. The van der Waals surface area contributed by atoms with Gasteiger partial charge in [0.1, 0.15) is 0 Å². The molecule has 104 valence electrons. The Bertz CT molecular complexity index is 404. The van der Waals surface area contributed by atoms with Crippen LogP contribution < -0.4 is 0 Å². The lowest BCUT2D eigenvalue weighted by atomic mass is 9.91. The van der Waals surface area contributed by atoms with Gasteiger partial charge >= 0.3 is 5.97 Å². The molecule has 3 unspecified atom stereocenters. The van der Waals surface area contributed by atoms with Crippen molar-refractivity contribution in [3.63, 3.8) is 0 Å². The molecule has 0 spiro atoms. The lowest BCUT2D eigenvalue weighted by molar-refractivity contribution is -0.138. The summed E-state index contributed by atoms with van der Waals surface area (Å²) in [7, 11) is 0. The van der Waals surface area contributed by atoms with E-state index in [1.54, 1.807) is 0 Å². The summed E-state index contributed by atoms with van der Waals surface area (Å²) in [6, 6.07) is 9.60. The first-order chi connectivity index (χ1) is 9.16. The highest BCUT2D eigenvalue weighted by Crippen LogP contribution is 2.34. The zero-order chi connectivity index (χ0) is 13.7. The molecule has 1 N–H and O–H groups in total. The van der Waals surface area contributed by atoms with E-state index in [4.69, 9.17) is 0 Å². The minimum absolute atomic E-state index is 0.372. The first-order valence-electron chi connectivity index (χ1n) is 7.06.